The second kappa shape index (κ2) is 9.11. The van der Waals surface area contributed by atoms with Crippen molar-refractivity contribution in [2.24, 2.45) is 0 Å². The molecular formula is C15H23N3O7P-. The van der Waals surface area contributed by atoms with Gasteiger partial charge in [-0.2, -0.15) is 0 Å². The van der Waals surface area contributed by atoms with Crippen LogP contribution < -0.4 is 15.7 Å². The van der Waals surface area contributed by atoms with Gasteiger partial charge in [-0.1, -0.05) is 0 Å². The van der Waals surface area contributed by atoms with Gasteiger partial charge in [0.1, 0.15) is 0 Å². The Kier molecular flexibility index (Phi) is 7.73. The lowest BCUT2D eigenvalue weighted by Gasteiger charge is -2.27. The predicted octanol–water partition coefficient (Wildman–Crippen LogP) is 3.40. The first-order chi connectivity index (χ1) is 12.0. The predicted molar refractivity (Wildman–Crippen MR) is 95.8 cm³/mol. The highest BCUT2D eigenvalue weighted by molar-refractivity contribution is 7.71. The number of amides is 2. The van der Waals surface area contributed by atoms with Crippen molar-refractivity contribution in [1.82, 2.24) is 5.43 Å². The molecule has 1 aromatic carbocycles. The number of anilines is 2. The lowest BCUT2D eigenvalue weighted by molar-refractivity contribution is -0.117. The van der Waals surface area contributed by atoms with Crippen molar-refractivity contribution in [1.29, 1.82) is 0 Å². The summed E-state index contributed by atoms with van der Waals surface area (Å²) in [5.74, 6) is -0.588. The molecule has 0 fully saturated rings. The third kappa shape index (κ3) is 6.08. The summed E-state index contributed by atoms with van der Waals surface area (Å²) in [7, 11) is -4.20. The molecule has 0 atom stereocenters. The van der Waals surface area contributed by atoms with Gasteiger partial charge in [0, 0.05) is 6.92 Å². The SMILES string of the molecule is CC(=O)N(NC(=O)P(=O)(OC(C)C)OC(C)C)c1ccc(N([O-])O)cc1. The second-order valence-electron chi connectivity index (χ2n) is 5.87. The van der Waals surface area contributed by atoms with Crippen molar-refractivity contribution in [3.8, 4) is 0 Å². The molecule has 2 N–H and O–H groups in total. The van der Waals surface area contributed by atoms with Crippen molar-refractivity contribution in [3.05, 3.63) is 29.5 Å². The molecule has 0 saturated carbocycles. The lowest BCUT2D eigenvalue weighted by atomic mass is 10.3. The topological polar surface area (TPSA) is 131 Å². The fourth-order valence-electron chi connectivity index (χ4n) is 1.89. The third-order valence-corrected chi connectivity index (χ3v) is 4.79. The molecule has 11 heteroatoms. The number of hydrogen-bond donors (Lipinski definition) is 2. The molecule has 0 saturated heterocycles. The molecule has 0 aliphatic heterocycles. The smallest absolute Gasteiger partial charge is 0.420 e. The van der Waals surface area contributed by atoms with Gasteiger partial charge in [-0.15, -0.1) is 0 Å². The van der Waals surface area contributed by atoms with E-state index in [1.54, 1.807) is 27.7 Å². The Labute approximate surface area is 151 Å². The number of hydrazine groups is 1. The monoisotopic (exact) mass is 388 g/mol. The van der Waals surface area contributed by atoms with E-state index >= 15 is 0 Å². The molecule has 0 spiro atoms. The lowest BCUT2D eigenvalue weighted by Crippen LogP contribution is -2.45. The summed E-state index contributed by atoms with van der Waals surface area (Å²) >= 11 is 0. The number of carbonyl (C=O) groups excluding carboxylic acids is 2. The molecule has 10 nitrogen and oxygen atoms in total. The van der Waals surface area contributed by atoms with E-state index < -0.39 is 31.4 Å². The highest BCUT2D eigenvalue weighted by Crippen LogP contribution is 2.51. The molecule has 0 radical (unpaired) electrons. The largest absolute Gasteiger partial charge is 0.733 e. The van der Waals surface area contributed by atoms with Crippen LogP contribution in [0.2, 0.25) is 0 Å². The molecule has 1 aromatic rings. The fraction of sp³-hybridized carbons (Fsp3) is 0.467. The summed E-state index contributed by atoms with van der Waals surface area (Å²) in [6.07, 6.45) is -1.11. The molecule has 0 unspecified atom stereocenters. The maximum absolute atomic E-state index is 12.8. The number of carbonyl (C=O) groups is 2. The minimum atomic E-state index is -4.20. The van der Waals surface area contributed by atoms with Crippen LogP contribution in [0.25, 0.3) is 0 Å². The molecule has 2 amide bonds. The summed E-state index contributed by atoms with van der Waals surface area (Å²) in [6.45, 7) is 7.55. The van der Waals surface area contributed by atoms with Crippen LogP contribution in [0.5, 0.6) is 0 Å². The van der Waals surface area contributed by atoms with E-state index in [9.17, 15) is 19.4 Å². The zero-order valence-corrected chi connectivity index (χ0v) is 16.1. The summed E-state index contributed by atoms with van der Waals surface area (Å²) in [5, 5.41) is 20.2. The van der Waals surface area contributed by atoms with Gasteiger partial charge in [-0.05, 0) is 52.0 Å². The van der Waals surface area contributed by atoms with Crippen LogP contribution in [0.1, 0.15) is 34.6 Å². The summed E-state index contributed by atoms with van der Waals surface area (Å²) in [5.41, 5.74) is 1.21. The summed E-state index contributed by atoms with van der Waals surface area (Å²) < 4.78 is 23.2. The highest BCUT2D eigenvalue weighted by Gasteiger charge is 2.39. The zero-order chi connectivity index (χ0) is 20.1. The molecule has 0 aliphatic carbocycles. The van der Waals surface area contributed by atoms with Crippen molar-refractivity contribution < 1.29 is 28.4 Å². The van der Waals surface area contributed by atoms with E-state index in [0.29, 0.717) is 0 Å². The van der Waals surface area contributed by atoms with Crippen molar-refractivity contribution in [3.63, 3.8) is 0 Å². The van der Waals surface area contributed by atoms with Gasteiger partial charge in [-0.25, -0.2) is 15.0 Å². The Morgan fingerprint density at radius 1 is 1.08 bits per heavy atom. The van der Waals surface area contributed by atoms with E-state index in [0.717, 1.165) is 5.01 Å². The number of benzene rings is 1. The van der Waals surface area contributed by atoms with Crippen LogP contribution >= 0.6 is 7.60 Å². The van der Waals surface area contributed by atoms with Crippen LogP contribution in [0.15, 0.2) is 24.3 Å². The second-order valence-corrected chi connectivity index (χ2v) is 7.69. The first-order valence-electron chi connectivity index (χ1n) is 7.81. The number of rotatable bonds is 7. The van der Waals surface area contributed by atoms with E-state index in [2.05, 4.69) is 5.43 Å². The van der Waals surface area contributed by atoms with E-state index in [1.165, 1.54) is 31.2 Å². The Balaban J connectivity index is 3.09. The average molecular weight is 388 g/mol. The van der Waals surface area contributed by atoms with Gasteiger partial charge in [0.25, 0.3) is 0 Å². The molecule has 26 heavy (non-hydrogen) atoms. The van der Waals surface area contributed by atoms with E-state index in [1.807, 2.05) is 0 Å². The molecule has 0 heterocycles. The molecule has 0 aliphatic rings. The molecule has 146 valence electrons. The van der Waals surface area contributed by atoms with Crippen LogP contribution in [-0.4, -0.2) is 29.0 Å². The first-order valence-corrected chi connectivity index (χ1v) is 9.35. The van der Waals surface area contributed by atoms with Gasteiger partial charge in [0.05, 0.1) is 23.6 Å². The number of nitrogens with zero attached hydrogens (tertiary/aromatic N) is 2. The number of hydrogen-bond acceptors (Lipinski definition) is 8. The Morgan fingerprint density at radius 2 is 1.50 bits per heavy atom. The Hall–Kier alpha value is -1.97. The Bertz CT molecular complexity index is 662. The standard InChI is InChI=1S/C15H23N3O7P/c1-10(2)24-26(23,25-11(3)4)15(20)16-17(12(5)19)13-6-8-14(9-7-13)18(21)22/h6-11,21H,1-5H3,(H,16,20)/q-1. The first kappa shape index (κ1) is 22.1. The normalized spacial score (nSPS) is 11.6. The zero-order valence-electron chi connectivity index (χ0n) is 15.2. The van der Waals surface area contributed by atoms with Gasteiger partial charge in [0.2, 0.25) is 5.91 Å². The maximum Gasteiger partial charge on any atom is 0.420 e. The minimum absolute atomic E-state index is 0.0690. The quantitative estimate of drug-likeness (QED) is 0.537. The van der Waals surface area contributed by atoms with Gasteiger partial charge in [0.15, 0.2) is 0 Å². The van der Waals surface area contributed by atoms with Crippen LogP contribution in [-0.2, 0) is 18.4 Å². The maximum atomic E-state index is 12.8. The van der Waals surface area contributed by atoms with Crippen molar-refractivity contribution in [2.75, 3.05) is 10.2 Å². The average Bonchev–Trinajstić information content (AvgIpc) is 2.50. The van der Waals surface area contributed by atoms with Crippen LogP contribution in [0.3, 0.4) is 0 Å². The van der Waals surface area contributed by atoms with Crippen molar-refractivity contribution >= 4 is 30.5 Å². The van der Waals surface area contributed by atoms with Gasteiger partial charge in [-0.3, -0.25) is 23.8 Å². The van der Waals surface area contributed by atoms with E-state index in [-0.39, 0.29) is 16.6 Å². The summed E-state index contributed by atoms with van der Waals surface area (Å²) in [6, 6.07) is 5.10. The van der Waals surface area contributed by atoms with Gasteiger partial charge < -0.3 is 10.4 Å². The van der Waals surface area contributed by atoms with E-state index in [4.69, 9.17) is 14.3 Å². The molecular weight excluding hydrogens is 365 g/mol. The third-order valence-electron chi connectivity index (χ3n) is 2.80. The number of nitrogens with one attached hydrogen (secondary N) is 1. The Morgan fingerprint density at radius 3 is 1.85 bits per heavy atom. The van der Waals surface area contributed by atoms with Crippen LogP contribution in [0, 0.1) is 5.21 Å². The summed E-state index contributed by atoms with van der Waals surface area (Å²) in [4.78, 5) is 24.4. The molecule has 0 bridgehead atoms. The molecule has 1 rings (SSSR count). The van der Waals surface area contributed by atoms with Crippen LogP contribution in [0.4, 0.5) is 16.2 Å². The van der Waals surface area contributed by atoms with Gasteiger partial charge >= 0.3 is 13.2 Å². The highest BCUT2D eigenvalue weighted by atomic mass is 31.2. The van der Waals surface area contributed by atoms with Crippen molar-refractivity contribution in [2.45, 2.75) is 46.8 Å². The fourth-order valence-corrected chi connectivity index (χ4v) is 3.46. The molecule has 0 aromatic heterocycles. The minimum Gasteiger partial charge on any atom is -0.733 e.